The van der Waals surface area contributed by atoms with E-state index in [1.165, 1.54) is 5.56 Å². The summed E-state index contributed by atoms with van der Waals surface area (Å²) >= 11 is 0. The minimum absolute atomic E-state index is 0.340. The van der Waals surface area contributed by atoms with Gasteiger partial charge in [-0.25, -0.2) is 4.79 Å². The van der Waals surface area contributed by atoms with Crippen molar-refractivity contribution in [2.45, 2.75) is 12.6 Å². The topological polar surface area (TPSA) is 43.8 Å². The predicted octanol–water partition coefficient (Wildman–Crippen LogP) is 2.87. The van der Waals surface area contributed by atoms with Gasteiger partial charge in [-0.3, -0.25) is 4.90 Å². The highest BCUT2D eigenvalue weighted by atomic mass is 16.4. The van der Waals surface area contributed by atoms with Gasteiger partial charge in [0.25, 0.3) is 0 Å². The number of benzene rings is 2. The number of nitrogens with zero attached hydrogens (tertiary/aromatic N) is 2. The summed E-state index contributed by atoms with van der Waals surface area (Å²) in [5.74, 6) is -0.877. The molecule has 0 saturated carbocycles. The summed E-state index contributed by atoms with van der Waals surface area (Å²) in [4.78, 5) is 15.8. The van der Waals surface area contributed by atoms with Crippen LogP contribution in [0.25, 0.3) is 0 Å². The molecule has 120 valence electrons. The van der Waals surface area contributed by atoms with Crippen molar-refractivity contribution in [2.24, 2.45) is 0 Å². The number of hydrogen-bond donors (Lipinski definition) is 1. The monoisotopic (exact) mass is 310 g/mol. The minimum atomic E-state index is -0.877. The van der Waals surface area contributed by atoms with Gasteiger partial charge in [-0.1, -0.05) is 42.5 Å². The number of aromatic carboxylic acids is 1. The van der Waals surface area contributed by atoms with Crippen LogP contribution in [0.1, 0.15) is 27.5 Å². The van der Waals surface area contributed by atoms with Gasteiger partial charge in [-0.2, -0.15) is 0 Å². The van der Waals surface area contributed by atoms with Gasteiger partial charge in [-0.15, -0.1) is 0 Å². The van der Waals surface area contributed by atoms with Crippen molar-refractivity contribution < 1.29 is 9.90 Å². The smallest absolute Gasteiger partial charge is 0.335 e. The Hall–Kier alpha value is -2.17. The van der Waals surface area contributed by atoms with Gasteiger partial charge >= 0.3 is 5.97 Å². The average Bonchev–Trinajstić information content (AvgIpc) is 2.58. The maximum atomic E-state index is 11.0. The zero-order valence-electron chi connectivity index (χ0n) is 13.4. The van der Waals surface area contributed by atoms with Crippen LogP contribution in [0.2, 0.25) is 0 Å². The molecule has 2 aromatic carbocycles. The minimum Gasteiger partial charge on any atom is -0.478 e. The first kappa shape index (κ1) is 15.7. The normalized spacial score (nSPS) is 19.6. The molecule has 4 nitrogen and oxygen atoms in total. The van der Waals surface area contributed by atoms with Crippen molar-refractivity contribution in [3.63, 3.8) is 0 Å². The van der Waals surface area contributed by atoms with E-state index < -0.39 is 5.97 Å². The van der Waals surface area contributed by atoms with Gasteiger partial charge in [0.15, 0.2) is 0 Å². The SMILES string of the molecule is CN1CCN(Cc2ccc(C(=O)O)cc2)C(c2ccccc2)C1. The quantitative estimate of drug-likeness (QED) is 0.943. The van der Waals surface area contributed by atoms with E-state index in [-0.39, 0.29) is 0 Å². The zero-order chi connectivity index (χ0) is 16.2. The van der Waals surface area contributed by atoms with Gasteiger partial charge in [0.1, 0.15) is 0 Å². The molecule has 0 bridgehead atoms. The Morgan fingerprint density at radius 3 is 2.43 bits per heavy atom. The molecule has 1 aliphatic rings. The van der Waals surface area contributed by atoms with Gasteiger partial charge in [-0.05, 0) is 30.3 Å². The van der Waals surface area contributed by atoms with Crippen molar-refractivity contribution in [2.75, 3.05) is 26.7 Å². The van der Waals surface area contributed by atoms with Gasteiger partial charge in [0.2, 0.25) is 0 Å². The Balaban J connectivity index is 1.77. The molecule has 2 aromatic rings. The van der Waals surface area contributed by atoms with Gasteiger partial charge < -0.3 is 10.0 Å². The second kappa shape index (κ2) is 6.94. The number of piperazine rings is 1. The molecule has 0 aliphatic carbocycles. The molecular weight excluding hydrogens is 288 g/mol. The van der Waals surface area contributed by atoms with Crippen molar-refractivity contribution in [1.82, 2.24) is 9.80 Å². The summed E-state index contributed by atoms with van der Waals surface area (Å²) in [6.45, 7) is 3.91. The van der Waals surface area contributed by atoms with Crippen molar-refractivity contribution in [3.05, 3.63) is 71.3 Å². The van der Waals surface area contributed by atoms with Crippen LogP contribution in [0.15, 0.2) is 54.6 Å². The van der Waals surface area contributed by atoms with Gasteiger partial charge in [0.05, 0.1) is 5.56 Å². The third kappa shape index (κ3) is 3.78. The first-order chi connectivity index (χ1) is 11.1. The first-order valence-electron chi connectivity index (χ1n) is 7.93. The number of likely N-dealkylation sites (N-methyl/N-ethyl adjacent to an activating group) is 1. The number of hydrogen-bond acceptors (Lipinski definition) is 3. The lowest BCUT2D eigenvalue weighted by molar-refractivity contribution is 0.0696. The van der Waals surface area contributed by atoms with E-state index in [1.54, 1.807) is 12.1 Å². The van der Waals surface area contributed by atoms with E-state index in [0.29, 0.717) is 11.6 Å². The van der Waals surface area contributed by atoms with E-state index in [1.807, 2.05) is 18.2 Å². The zero-order valence-corrected chi connectivity index (χ0v) is 13.4. The van der Waals surface area contributed by atoms with Crippen LogP contribution in [0, 0.1) is 0 Å². The molecule has 1 heterocycles. The molecule has 1 unspecified atom stereocenters. The van der Waals surface area contributed by atoms with Crippen LogP contribution in [0.5, 0.6) is 0 Å². The summed E-state index contributed by atoms with van der Waals surface area (Å²) in [7, 11) is 2.16. The fraction of sp³-hybridized carbons (Fsp3) is 0.316. The van der Waals surface area contributed by atoms with E-state index in [4.69, 9.17) is 5.11 Å². The molecule has 0 spiro atoms. The lowest BCUT2D eigenvalue weighted by Gasteiger charge is -2.40. The molecule has 3 rings (SSSR count). The lowest BCUT2D eigenvalue weighted by atomic mass is 10.0. The molecule has 1 saturated heterocycles. The molecule has 1 fully saturated rings. The highest BCUT2D eigenvalue weighted by molar-refractivity contribution is 5.87. The Morgan fingerprint density at radius 2 is 1.78 bits per heavy atom. The lowest BCUT2D eigenvalue weighted by Crippen LogP contribution is -2.46. The maximum Gasteiger partial charge on any atom is 0.335 e. The van der Waals surface area contributed by atoms with E-state index in [0.717, 1.165) is 31.7 Å². The largest absolute Gasteiger partial charge is 0.478 e. The summed E-state index contributed by atoms with van der Waals surface area (Å²) < 4.78 is 0. The third-order valence-corrected chi connectivity index (χ3v) is 4.47. The van der Waals surface area contributed by atoms with Crippen molar-refractivity contribution in [3.8, 4) is 0 Å². The Labute approximate surface area is 137 Å². The Kier molecular flexibility index (Phi) is 4.74. The summed E-state index contributed by atoms with van der Waals surface area (Å²) in [6.07, 6.45) is 0. The summed E-state index contributed by atoms with van der Waals surface area (Å²) in [5, 5.41) is 9.00. The second-order valence-corrected chi connectivity index (χ2v) is 6.16. The fourth-order valence-electron chi connectivity index (χ4n) is 3.12. The van der Waals surface area contributed by atoms with Crippen LogP contribution >= 0.6 is 0 Å². The molecule has 1 N–H and O–H groups in total. The summed E-state index contributed by atoms with van der Waals surface area (Å²) in [5.41, 5.74) is 2.83. The molecule has 1 atom stereocenters. The second-order valence-electron chi connectivity index (χ2n) is 6.16. The fourth-order valence-corrected chi connectivity index (χ4v) is 3.12. The van der Waals surface area contributed by atoms with E-state index in [9.17, 15) is 4.79 Å². The van der Waals surface area contributed by atoms with Crippen LogP contribution in [-0.4, -0.2) is 47.6 Å². The number of carbonyl (C=O) groups is 1. The average molecular weight is 310 g/mol. The molecule has 1 aliphatic heterocycles. The molecule has 23 heavy (non-hydrogen) atoms. The van der Waals surface area contributed by atoms with Crippen LogP contribution in [-0.2, 0) is 6.54 Å². The van der Waals surface area contributed by atoms with Crippen LogP contribution in [0.4, 0.5) is 0 Å². The highest BCUT2D eigenvalue weighted by Crippen LogP contribution is 2.26. The van der Waals surface area contributed by atoms with E-state index >= 15 is 0 Å². The number of carboxylic acid groups (broad SMARTS) is 1. The highest BCUT2D eigenvalue weighted by Gasteiger charge is 2.26. The van der Waals surface area contributed by atoms with Gasteiger partial charge in [0, 0.05) is 32.2 Å². The van der Waals surface area contributed by atoms with E-state index in [2.05, 4.69) is 41.1 Å². The molecule has 0 amide bonds. The van der Waals surface area contributed by atoms with Crippen LogP contribution in [0.3, 0.4) is 0 Å². The van der Waals surface area contributed by atoms with Crippen molar-refractivity contribution >= 4 is 5.97 Å². The molecule has 0 radical (unpaired) electrons. The number of rotatable bonds is 4. The maximum absolute atomic E-state index is 11.0. The Bertz CT molecular complexity index is 655. The predicted molar refractivity (Wildman–Crippen MR) is 90.5 cm³/mol. The third-order valence-electron chi connectivity index (χ3n) is 4.47. The molecule has 4 heteroatoms. The first-order valence-corrected chi connectivity index (χ1v) is 7.93. The molecule has 0 aromatic heterocycles. The number of carboxylic acids is 1. The summed E-state index contributed by atoms with van der Waals surface area (Å²) in [6, 6.07) is 18.2. The molecular formula is C19H22N2O2. The van der Waals surface area contributed by atoms with Crippen molar-refractivity contribution in [1.29, 1.82) is 0 Å². The Morgan fingerprint density at radius 1 is 1.09 bits per heavy atom. The van der Waals surface area contributed by atoms with Crippen LogP contribution < -0.4 is 0 Å². The standard InChI is InChI=1S/C19H22N2O2/c1-20-11-12-21(18(14-20)16-5-3-2-4-6-16)13-15-7-9-17(10-8-15)19(22)23/h2-10,18H,11-14H2,1H3,(H,22,23).